The van der Waals surface area contributed by atoms with Crippen molar-refractivity contribution in [2.45, 2.75) is 27.7 Å². The average Bonchev–Trinajstić information content (AvgIpc) is 2.18. The van der Waals surface area contributed by atoms with Crippen LogP contribution in [0.25, 0.3) is 0 Å². The third-order valence-electron chi connectivity index (χ3n) is 2.06. The van der Waals surface area contributed by atoms with Gasteiger partial charge in [0, 0.05) is 22.5 Å². The number of hydrogen-bond donors (Lipinski definition) is 2. The molecule has 3 N–H and O–H groups in total. The summed E-state index contributed by atoms with van der Waals surface area (Å²) >= 11 is 5.89. The van der Waals surface area contributed by atoms with E-state index in [9.17, 15) is 0 Å². The first kappa shape index (κ1) is 13.0. The zero-order valence-corrected chi connectivity index (χ0v) is 9.87. The van der Waals surface area contributed by atoms with Crippen molar-refractivity contribution < 1.29 is 0 Å². The van der Waals surface area contributed by atoms with Crippen LogP contribution in [0.15, 0.2) is 6.07 Å². The maximum absolute atomic E-state index is 7.14. The smallest absolute Gasteiger partial charge is 0.0458 e. The molecule has 1 aromatic rings. The predicted molar refractivity (Wildman–Crippen MR) is 64.6 cm³/mol. The van der Waals surface area contributed by atoms with Gasteiger partial charge < -0.3 is 11.1 Å². The standard InChI is InChI=1S/C9H11ClN2.C2H6/c1-5-6(2)8(10)3-9(12)7(5)4-11;1-2/h3-4,11H,12H2,1-2H3;1-2H3. The lowest BCUT2D eigenvalue weighted by atomic mass is 10.0. The van der Waals surface area contributed by atoms with E-state index in [1.165, 1.54) is 6.21 Å². The van der Waals surface area contributed by atoms with Crippen LogP contribution in [0.2, 0.25) is 5.02 Å². The van der Waals surface area contributed by atoms with Crippen LogP contribution in [0.4, 0.5) is 5.69 Å². The van der Waals surface area contributed by atoms with Crippen LogP contribution in [0, 0.1) is 19.3 Å². The molecular weight excluding hydrogens is 196 g/mol. The van der Waals surface area contributed by atoms with Crippen molar-refractivity contribution in [1.82, 2.24) is 0 Å². The van der Waals surface area contributed by atoms with Gasteiger partial charge in [-0.15, -0.1) is 0 Å². The number of nitrogens with two attached hydrogens (primary N) is 1. The number of anilines is 1. The summed E-state index contributed by atoms with van der Waals surface area (Å²) in [6.45, 7) is 7.84. The van der Waals surface area contributed by atoms with Gasteiger partial charge in [0.25, 0.3) is 0 Å². The average molecular weight is 213 g/mol. The molecule has 1 aromatic carbocycles. The number of nitrogen functional groups attached to an aromatic ring is 1. The second-order valence-corrected chi connectivity index (χ2v) is 3.16. The summed E-state index contributed by atoms with van der Waals surface area (Å²) in [6, 6.07) is 1.68. The van der Waals surface area contributed by atoms with Crippen LogP contribution in [-0.2, 0) is 0 Å². The topological polar surface area (TPSA) is 49.9 Å². The van der Waals surface area contributed by atoms with E-state index in [0.717, 1.165) is 16.7 Å². The summed E-state index contributed by atoms with van der Waals surface area (Å²) in [6.07, 6.45) is 1.26. The van der Waals surface area contributed by atoms with Crippen molar-refractivity contribution in [3.8, 4) is 0 Å². The number of rotatable bonds is 1. The third kappa shape index (κ3) is 2.48. The quantitative estimate of drug-likeness (QED) is 0.543. The molecule has 0 aliphatic rings. The fourth-order valence-corrected chi connectivity index (χ4v) is 1.37. The Morgan fingerprint density at radius 2 is 1.79 bits per heavy atom. The van der Waals surface area contributed by atoms with Crippen LogP contribution in [0.3, 0.4) is 0 Å². The second-order valence-electron chi connectivity index (χ2n) is 2.76. The highest BCUT2D eigenvalue weighted by atomic mass is 35.5. The molecule has 0 atom stereocenters. The van der Waals surface area contributed by atoms with E-state index in [1.54, 1.807) is 6.07 Å². The van der Waals surface area contributed by atoms with E-state index in [-0.39, 0.29) is 0 Å². The van der Waals surface area contributed by atoms with Crippen LogP contribution in [0.5, 0.6) is 0 Å². The van der Waals surface area contributed by atoms with Crippen LogP contribution in [0.1, 0.15) is 30.5 Å². The van der Waals surface area contributed by atoms with Gasteiger partial charge in [0.2, 0.25) is 0 Å². The Balaban J connectivity index is 0.000000791. The maximum Gasteiger partial charge on any atom is 0.0458 e. The van der Waals surface area contributed by atoms with Gasteiger partial charge in [0.15, 0.2) is 0 Å². The Labute approximate surface area is 90.6 Å². The van der Waals surface area contributed by atoms with Gasteiger partial charge in [-0.1, -0.05) is 25.4 Å². The largest absolute Gasteiger partial charge is 0.398 e. The van der Waals surface area contributed by atoms with Crippen molar-refractivity contribution >= 4 is 23.5 Å². The van der Waals surface area contributed by atoms with Crippen molar-refractivity contribution in [2.75, 3.05) is 5.73 Å². The van der Waals surface area contributed by atoms with E-state index < -0.39 is 0 Å². The number of nitrogens with one attached hydrogen (secondary N) is 1. The molecule has 14 heavy (non-hydrogen) atoms. The van der Waals surface area contributed by atoms with Gasteiger partial charge in [-0.3, -0.25) is 0 Å². The monoisotopic (exact) mass is 212 g/mol. The second kappa shape index (κ2) is 5.66. The fraction of sp³-hybridized carbons (Fsp3) is 0.364. The Hall–Kier alpha value is -1.02. The third-order valence-corrected chi connectivity index (χ3v) is 2.45. The highest BCUT2D eigenvalue weighted by Crippen LogP contribution is 2.26. The first-order valence-corrected chi connectivity index (χ1v) is 5.01. The molecule has 0 aromatic heterocycles. The zero-order chi connectivity index (χ0) is 11.3. The normalized spacial score (nSPS) is 8.93. The molecule has 0 fully saturated rings. The van der Waals surface area contributed by atoms with E-state index >= 15 is 0 Å². The fourth-order valence-electron chi connectivity index (χ4n) is 1.11. The molecule has 78 valence electrons. The molecule has 0 aliphatic carbocycles. The molecule has 0 spiro atoms. The highest BCUT2D eigenvalue weighted by Gasteiger charge is 2.06. The summed E-state index contributed by atoms with van der Waals surface area (Å²) in [5, 5.41) is 7.81. The lowest BCUT2D eigenvalue weighted by molar-refractivity contribution is 1.32. The predicted octanol–water partition coefficient (Wildman–Crippen LogP) is 3.56. The summed E-state index contributed by atoms with van der Waals surface area (Å²) in [5.41, 5.74) is 8.97. The Bertz CT molecular complexity index is 333. The van der Waals surface area contributed by atoms with Gasteiger partial charge in [0.1, 0.15) is 0 Å². The molecule has 0 heterocycles. The van der Waals surface area contributed by atoms with E-state index in [0.29, 0.717) is 10.7 Å². The summed E-state index contributed by atoms with van der Waals surface area (Å²) < 4.78 is 0. The molecule has 0 amide bonds. The van der Waals surface area contributed by atoms with Gasteiger partial charge in [-0.2, -0.15) is 0 Å². The van der Waals surface area contributed by atoms with Gasteiger partial charge in [0.05, 0.1) is 0 Å². The number of hydrogen-bond acceptors (Lipinski definition) is 2. The molecule has 0 radical (unpaired) electrons. The SMILES string of the molecule is CC.Cc1c(Cl)cc(N)c(C=N)c1C. The minimum atomic E-state index is 0.568. The molecule has 0 saturated carbocycles. The summed E-state index contributed by atoms with van der Waals surface area (Å²) in [5.74, 6) is 0. The first-order valence-electron chi connectivity index (χ1n) is 4.63. The van der Waals surface area contributed by atoms with Gasteiger partial charge in [-0.05, 0) is 31.0 Å². The Morgan fingerprint density at radius 3 is 2.21 bits per heavy atom. The summed E-state index contributed by atoms with van der Waals surface area (Å²) in [7, 11) is 0. The molecule has 0 saturated heterocycles. The van der Waals surface area contributed by atoms with Crippen LogP contribution < -0.4 is 5.73 Å². The molecule has 2 nitrogen and oxygen atoms in total. The van der Waals surface area contributed by atoms with E-state index in [2.05, 4.69) is 0 Å². The number of halogens is 1. The Kier molecular flexibility index (Phi) is 5.24. The van der Waals surface area contributed by atoms with E-state index in [4.69, 9.17) is 22.7 Å². The summed E-state index contributed by atoms with van der Waals surface area (Å²) in [4.78, 5) is 0. The maximum atomic E-state index is 7.14. The van der Waals surface area contributed by atoms with Crippen molar-refractivity contribution in [2.24, 2.45) is 0 Å². The molecule has 3 heteroatoms. The van der Waals surface area contributed by atoms with Gasteiger partial charge in [-0.25, -0.2) is 0 Å². The minimum Gasteiger partial charge on any atom is -0.398 e. The minimum absolute atomic E-state index is 0.568. The molecular formula is C11H17ClN2. The highest BCUT2D eigenvalue weighted by molar-refractivity contribution is 6.32. The lowest BCUT2D eigenvalue weighted by Gasteiger charge is -2.09. The van der Waals surface area contributed by atoms with Gasteiger partial charge >= 0.3 is 0 Å². The van der Waals surface area contributed by atoms with Crippen LogP contribution in [-0.4, -0.2) is 6.21 Å². The number of benzene rings is 1. The molecule has 0 aliphatic heterocycles. The molecule has 1 rings (SSSR count). The lowest BCUT2D eigenvalue weighted by Crippen LogP contribution is -1.98. The van der Waals surface area contributed by atoms with E-state index in [1.807, 2.05) is 27.7 Å². The Morgan fingerprint density at radius 1 is 1.29 bits per heavy atom. The van der Waals surface area contributed by atoms with Crippen molar-refractivity contribution in [3.05, 3.63) is 27.8 Å². The zero-order valence-electron chi connectivity index (χ0n) is 9.11. The van der Waals surface area contributed by atoms with Crippen LogP contribution >= 0.6 is 11.6 Å². The molecule has 0 bridgehead atoms. The van der Waals surface area contributed by atoms with Crippen molar-refractivity contribution in [3.63, 3.8) is 0 Å². The first-order chi connectivity index (χ1) is 6.57. The molecule has 0 unspecified atom stereocenters. The van der Waals surface area contributed by atoms with Crippen molar-refractivity contribution in [1.29, 1.82) is 5.41 Å².